The van der Waals surface area contributed by atoms with Crippen LogP contribution in [0.5, 0.6) is 0 Å². The van der Waals surface area contributed by atoms with Crippen molar-refractivity contribution in [2.24, 2.45) is 5.92 Å². The topological polar surface area (TPSA) is 62.6 Å². The summed E-state index contributed by atoms with van der Waals surface area (Å²) in [6, 6.07) is 0. The maximum Gasteiger partial charge on any atom is 0.434 e. The Morgan fingerprint density at radius 1 is 1.28 bits per heavy atom. The van der Waals surface area contributed by atoms with Gasteiger partial charge in [-0.05, 0) is 32.2 Å². The molecule has 1 aliphatic carbocycles. The van der Waals surface area contributed by atoms with Crippen molar-refractivity contribution in [3.05, 3.63) is 29.4 Å². The van der Waals surface area contributed by atoms with Crippen molar-refractivity contribution in [3.8, 4) is 0 Å². The van der Waals surface area contributed by atoms with Crippen LogP contribution in [-0.4, -0.2) is 43.2 Å². The Balaban J connectivity index is 1.34. The molecule has 3 heterocycles. The fourth-order valence-corrected chi connectivity index (χ4v) is 3.47. The molecular weight excluding hydrogens is 333 g/mol. The largest absolute Gasteiger partial charge is 0.434 e. The maximum atomic E-state index is 12.8. The Morgan fingerprint density at radius 2 is 2.08 bits per heavy atom. The highest BCUT2D eigenvalue weighted by Crippen LogP contribution is 2.37. The fourth-order valence-electron chi connectivity index (χ4n) is 3.47. The number of aromatic nitrogens is 5. The number of H-pyrrole nitrogens is 1. The van der Waals surface area contributed by atoms with Crippen LogP contribution in [0.3, 0.4) is 0 Å². The lowest BCUT2D eigenvalue weighted by Gasteiger charge is -2.27. The minimum absolute atomic E-state index is 0.304. The summed E-state index contributed by atoms with van der Waals surface area (Å²) in [5.74, 6) is 3.12. The van der Waals surface area contributed by atoms with Crippen molar-refractivity contribution in [1.29, 1.82) is 0 Å². The zero-order valence-electron chi connectivity index (χ0n) is 14.1. The average molecular weight is 354 g/mol. The number of aromatic amines is 1. The molecule has 0 spiro atoms. The second kappa shape index (κ2) is 6.12. The molecule has 0 aromatic carbocycles. The van der Waals surface area contributed by atoms with E-state index >= 15 is 0 Å². The first kappa shape index (κ1) is 16.6. The van der Waals surface area contributed by atoms with Gasteiger partial charge in [0.1, 0.15) is 11.6 Å². The molecule has 4 rings (SSSR count). The molecule has 0 saturated heterocycles. The SMILES string of the molecule is CN(Cc1nc(C2CC2)n[nH]1)C[C@@H]1CCc2nc(C(F)(F)F)cn2C1. The van der Waals surface area contributed by atoms with Crippen molar-refractivity contribution in [2.75, 3.05) is 13.6 Å². The van der Waals surface area contributed by atoms with Gasteiger partial charge in [-0.15, -0.1) is 0 Å². The van der Waals surface area contributed by atoms with Gasteiger partial charge in [-0.25, -0.2) is 9.97 Å². The Morgan fingerprint density at radius 3 is 2.80 bits per heavy atom. The van der Waals surface area contributed by atoms with E-state index in [1.807, 2.05) is 7.05 Å². The number of nitrogens with one attached hydrogen (secondary N) is 1. The molecule has 6 nitrogen and oxygen atoms in total. The summed E-state index contributed by atoms with van der Waals surface area (Å²) < 4.78 is 40.0. The van der Waals surface area contributed by atoms with Crippen molar-refractivity contribution in [2.45, 2.75) is 50.9 Å². The monoisotopic (exact) mass is 354 g/mol. The lowest BCUT2D eigenvalue weighted by molar-refractivity contribution is -0.141. The lowest BCUT2D eigenvalue weighted by Crippen LogP contribution is -2.31. The van der Waals surface area contributed by atoms with Gasteiger partial charge in [0.2, 0.25) is 0 Å². The third-order valence-electron chi connectivity index (χ3n) is 4.86. The van der Waals surface area contributed by atoms with Crippen LogP contribution in [0.2, 0.25) is 0 Å². The van der Waals surface area contributed by atoms with Crippen molar-refractivity contribution in [1.82, 2.24) is 29.6 Å². The molecule has 0 unspecified atom stereocenters. The highest BCUT2D eigenvalue weighted by molar-refractivity contribution is 5.10. The number of imidazole rings is 1. The van der Waals surface area contributed by atoms with Gasteiger partial charge in [0, 0.05) is 31.6 Å². The number of halogens is 3. The maximum absolute atomic E-state index is 12.8. The van der Waals surface area contributed by atoms with Crippen LogP contribution in [0.4, 0.5) is 13.2 Å². The zero-order chi connectivity index (χ0) is 17.6. The normalized spacial score (nSPS) is 20.9. The van der Waals surface area contributed by atoms with Crippen molar-refractivity contribution in [3.63, 3.8) is 0 Å². The first-order valence-electron chi connectivity index (χ1n) is 8.61. The molecule has 2 aromatic rings. The van der Waals surface area contributed by atoms with E-state index in [1.54, 1.807) is 4.57 Å². The summed E-state index contributed by atoms with van der Waals surface area (Å²) in [6.45, 7) is 2.05. The third-order valence-corrected chi connectivity index (χ3v) is 4.86. The van der Waals surface area contributed by atoms with Gasteiger partial charge in [0.05, 0.1) is 6.54 Å². The molecule has 1 aliphatic heterocycles. The van der Waals surface area contributed by atoms with E-state index in [1.165, 1.54) is 12.8 Å². The van der Waals surface area contributed by atoms with Gasteiger partial charge in [-0.3, -0.25) is 10.00 Å². The van der Waals surface area contributed by atoms with Crippen LogP contribution in [0, 0.1) is 5.92 Å². The van der Waals surface area contributed by atoms with Crippen LogP contribution in [-0.2, 0) is 25.7 Å². The van der Waals surface area contributed by atoms with E-state index in [0.29, 0.717) is 37.2 Å². The molecule has 2 aromatic heterocycles. The van der Waals surface area contributed by atoms with Crippen LogP contribution < -0.4 is 0 Å². The summed E-state index contributed by atoms with van der Waals surface area (Å²) in [4.78, 5) is 10.4. The fraction of sp³-hybridized carbons (Fsp3) is 0.688. The number of fused-ring (bicyclic) bond motifs is 1. The molecule has 0 bridgehead atoms. The van der Waals surface area contributed by atoms with E-state index < -0.39 is 11.9 Å². The molecule has 2 aliphatic rings. The number of hydrogen-bond acceptors (Lipinski definition) is 4. The third kappa shape index (κ3) is 3.70. The molecule has 136 valence electrons. The summed E-state index contributed by atoms with van der Waals surface area (Å²) in [6.07, 6.45) is 0.540. The number of hydrogen-bond donors (Lipinski definition) is 1. The molecule has 0 amide bonds. The van der Waals surface area contributed by atoms with Crippen molar-refractivity contribution < 1.29 is 13.2 Å². The standard InChI is InChI=1S/C16H21F3N6/c1-24(9-13-21-15(23-22-13)11-3-4-11)6-10-2-5-14-20-12(16(17,18)19)8-25(14)7-10/h8,10-11H,2-7,9H2,1H3,(H,21,22,23)/t10-/m0/s1. The average Bonchev–Trinajstić information content (AvgIpc) is 3.12. The lowest BCUT2D eigenvalue weighted by atomic mass is 9.99. The quantitative estimate of drug-likeness (QED) is 0.897. The summed E-state index contributed by atoms with van der Waals surface area (Å²) in [5, 5.41) is 7.24. The Hall–Kier alpha value is -1.90. The van der Waals surface area contributed by atoms with Crippen LogP contribution in [0.15, 0.2) is 6.20 Å². The molecule has 0 radical (unpaired) electrons. The second-order valence-electron chi connectivity index (χ2n) is 7.21. The van der Waals surface area contributed by atoms with Crippen LogP contribution in [0.25, 0.3) is 0 Å². The van der Waals surface area contributed by atoms with E-state index in [2.05, 4.69) is 25.1 Å². The Labute approximate surface area is 143 Å². The van der Waals surface area contributed by atoms with Gasteiger partial charge >= 0.3 is 6.18 Å². The van der Waals surface area contributed by atoms with Crippen molar-refractivity contribution >= 4 is 0 Å². The first-order valence-corrected chi connectivity index (χ1v) is 8.61. The predicted octanol–water partition coefficient (Wildman–Crippen LogP) is 2.59. The highest BCUT2D eigenvalue weighted by Gasteiger charge is 2.36. The highest BCUT2D eigenvalue weighted by atomic mass is 19.4. The van der Waals surface area contributed by atoms with Crippen LogP contribution in [0.1, 0.15) is 48.3 Å². The summed E-state index contributed by atoms with van der Waals surface area (Å²) in [7, 11) is 2.00. The van der Waals surface area contributed by atoms with Gasteiger partial charge in [-0.2, -0.15) is 18.3 Å². The molecule has 9 heteroatoms. The number of nitrogens with zero attached hydrogens (tertiary/aromatic N) is 5. The van der Waals surface area contributed by atoms with Gasteiger partial charge in [0.15, 0.2) is 11.5 Å². The second-order valence-corrected chi connectivity index (χ2v) is 7.21. The number of rotatable bonds is 5. The van der Waals surface area contributed by atoms with Gasteiger partial charge < -0.3 is 4.57 Å². The van der Waals surface area contributed by atoms with E-state index in [-0.39, 0.29) is 0 Å². The molecule has 1 fully saturated rings. The van der Waals surface area contributed by atoms with Gasteiger partial charge in [0.25, 0.3) is 0 Å². The molecule has 1 atom stereocenters. The summed E-state index contributed by atoms with van der Waals surface area (Å²) in [5.41, 5.74) is -0.786. The molecular formula is C16H21F3N6. The zero-order valence-corrected chi connectivity index (χ0v) is 14.1. The van der Waals surface area contributed by atoms with Crippen LogP contribution >= 0.6 is 0 Å². The molecule has 1 saturated carbocycles. The van der Waals surface area contributed by atoms with E-state index in [0.717, 1.165) is 30.8 Å². The summed E-state index contributed by atoms with van der Waals surface area (Å²) >= 11 is 0. The Kier molecular flexibility index (Phi) is 4.05. The van der Waals surface area contributed by atoms with E-state index in [9.17, 15) is 13.2 Å². The number of alkyl halides is 3. The minimum atomic E-state index is -4.37. The van der Waals surface area contributed by atoms with E-state index in [4.69, 9.17) is 0 Å². The molecule has 25 heavy (non-hydrogen) atoms. The smallest absolute Gasteiger partial charge is 0.334 e. The number of aryl methyl sites for hydroxylation is 1. The first-order chi connectivity index (χ1) is 11.9. The Bertz CT molecular complexity index is 745. The van der Waals surface area contributed by atoms with Gasteiger partial charge in [-0.1, -0.05) is 0 Å². The minimum Gasteiger partial charge on any atom is -0.334 e. The molecule has 1 N–H and O–H groups in total. The predicted molar refractivity (Wildman–Crippen MR) is 83.7 cm³/mol.